The van der Waals surface area contributed by atoms with E-state index in [9.17, 15) is 9.90 Å². The van der Waals surface area contributed by atoms with Crippen LogP contribution in [0.3, 0.4) is 0 Å². The first-order chi connectivity index (χ1) is 9.56. The van der Waals surface area contributed by atoms with Crippen LogP contribution in [0.25, 0.3) is 0 Å². The van der Waals surface area contributed by atoms with Gasteiger partial charge in [-0.3, -0.25) is 4.79 Å². The van der Waals surface area contributed by atoms with Crippen molar-refractivity contribution in [2.24, 2.45) is 0 Å². The lowest BCUT2D eigenvalue weighted by Crippen LogP contribution is -2.45. The summed E-state index contributed by atoms with van der Waals surface area (Å²) in [6.07, 6.45) is 1.45. The van der Waals surface area contributed by atoms with Crippen LogP contribution in [0.2, 0.25) is 0 Å². The highest BCUT2D eigenvalue weighted by atomic mass is 16.3. The van der Waals surface area contributed by atoms with Crippen molar-refractivity contribution in [3.8, 4) is 0 Å². The Morgan fingerprint density at radius 3 is 2.75 bits per heavy atom. The Morgan fingerprint density at radius 2 is 2.15 bits per heavy atom. The van der Waals surface area contributed by atoms with Gasteiger partial charge in [-0.25, -0.2) is 0 Å². The highest BCUT2D eigenvalue weighted by Gasteiger charge is 2.21. The second kappa shape index (κ2) is 6.86. The largest absolute Gasteiger partial charge is 0.387 e. The minimum absolute atomic E-state index is 0.156. The van der Waals surface area contributed by atoms with Crippen molar-refractivity contribution < 1.29 is 9.90 Å². The van der Waals surface area contributed by atoms with Gasteiger partial charge in [-0.15, -0.1) is 0 Å². The predicted molar refractivity (Wildman–Crippen MR) is 79.4 cm³/mol. The second-order valence-electron chi connectivity index (χ2n) is 5.62. The van der Waals surface area contributed by atoms with E-state index in [4.69, 9.17) is 0 Å². The number of aliphatic hydroxyl groups excluding tert-OH is 1. The molecule has 4 nitrogen and oxygen atoms in total. The lowest BCUT2D eigenvalue weighted by molar-refractivity contribution is -0.129. The Balaban J connectivity index is 1.77. The Bertz CT molecular complexity index is 454. The van der Waals surface area contributed by atoms with Crippen molar-refractivity contribution in [1.82, 2.24) is 10.2 Å². The molecule has 4 heteroatoms. The van der Waals surface area contributed by atoms with Gasteiger partial charge in [-0.05, 0) is 25.3 Å². The summed E-state index contributed by atoms with van der Waals surface area (Å²) >= 11 is 0. The van der Waals surface area contributed by atoms with Crippen molar-refractivity contribution in [2.75, 3.05) is 19.6 Å². The van der Waals surface area contributed by atoms with Crippen LogP contribution < -0.4 is 5.32 Å². The molecule has 0 aliphatic carbocycles. The number of piperidine rings is 1. The van der Waals surface area contributed by atoms with Crippen LogP contribution in [0.5, 0.6) is 0 Å². The fourth-order valence-electron chi connectivity index (χ4n) is 2.67. The van der Waals surface area contributed by atoms with Crippen molar-refractivity contribution in [2.45, 2.75) is 38.8 Å². The lowest BCUT2D eigenvalue weighted by atomic mass is 10.0. The molecule has 1 unspecified atom stereocenters. The Labute approximate surface area is 120 Å². The molecule has 0 saturated carbocycles. The monoisotopic (exact) mass is 276 g/mol. The molecule has 1 amide bonds. The predicted octanol–water partition coefficient (Wildman–Crippen LogP) is 1.63. The molecule has 1 saturated heterocycles. The van der Waals surface area contributed by atoms with E-state index in [2.05, 4.69) is 5.32 Å². The number of hydrogen-bond acceptors (Lipinski definition) is 3. The van der Waals surface area contributed by atoms with Gasteiger partial charge < -0.3 is 15.3 Å². The van der Waals surface area contributed by atoms with Gasteiger partial charge >= 0.3 is 0 Å². The molecule has 20 heavy (non-hydrogen) atoms. The first-order valence-corrected chi connectivity index (χ1v) is 7.30. The van der Waals surface area contributed by atoms with Gasteiger partial charge in [-0.1, -0.05) is 29.8 Å². The van der Waals surface area contributed by atoms with E-state index in [0.717, 1.165) is 37.1 Å². The maximum absolute atomic E-state index is 11.3. The third kappa shape index (κ3) is 4.05. The van der Waals surface area contributed by atoms with Crippen LogP contribution in [0.4, 0.5) is 0 Å². The number of aryl methyl sites for hydroxylation is 1. The molecule has 0 spiro atoms. The molecular formula is C16H24N2O2. The number of nitrogens with one attached hydrogen (secondary N) is 1. The zero-order chi connectivity index (χ0) is 14.5. The van der Waals surface area contributed by atoms with Crippen molar-refractivity contribution in [3.05, 3.63) is 35.4 Å². The molecular weight excluding hydrogens is 252 g/mol. The molecule has 0 radical (unpaired) electrons. The topological polar surface area (TPSA) is 52.6 Å². The van der Waals surface area contributed by atoms with Gasteiger partial charge in [0.1, 0.15) is 0 Å². The molecule has 1 aliphatic rings. The first kappa shape index (κ1) is 15.0. The summed E-state index contributed by atoms with van der Waals surface area (Å²) in [4.78, 5) is 13.1. The standard InChI is InChI=1S/C16H24N2O2/c1-12-4-3-5-14(10-12)16(20)11-17-15-6-8-18(9-7-15)13(2)19/h3-5,10,15-17,20H,6-9,11H2,1-2H3. The number of hydrogen-bond donors (Lipinski definition) is 2. The molecule has 2 rings (SSSR count). The summed E-state index contributed by atoms with van der Waals surface area (Å²) in [6, 6.07) is 8.37. The van der Waals surface area contributed by atoms with Crippen LogP contribution in [-0.2, 0) is 4.79 Å². The minimum atomic E-state index is -0.472. The second-order valence-corrected chi connectivity index (χ2v) is 5.62. The summed E-state index contributed by atoms with van der Waals surface area (Å²) in [5.41, 5.74) is 2.12. The smallest absolute Gasteiger partial charge is 0.219 e. The maximum atomic E-state index is 11.3. The summed E-state index contributed by atoms with van der Waals surface area (Å²) < 4.78 is 0. The fraction of sp³-hybridized carbons (Fsp3) is 0.562. The number of carbonyl (C=O) groups excluding carboxylic acids is 1. The number of rotatable bonds is 4. The number of benzene rings is 1. The molecule has 1 aromatic carbocycles. The molecule has 1 aromatic rings. The summed E-state index contributed by atoms with van der Waals surface area (Å²) in [7, 11) is 0. The van der Waals surface area contributed by atoms with Crippen molar-refractivity contribution in [1.29, 1.82) is 0 Å². The normalized spacial score (nSPS) is 18.1. The number of nitrogens with zero attached hydrogens (tertiary/aromatic N) is 1. The zero-order valence-corrected chi connectivity index (χ0v) is 12.3. The fourth-order valence-corrected chi connectivity index (χ4v) is 2.67. The van der Waals surface area contributed by atoms with Crippen LogP contribution in [-0.4, -0.2) is 41.6 Å². The summed E-state index contributed by atoms with van der Waals surface area (Å²) in [5.74, 6) is 0.156. The zero-order valence-electron chi connectivity index (χ0n) is 12.3. The van der Waals surface area contributed by atoms with Gasteiger partial charge in [0.2, 0.25) is 5.91 Å². The van der Waals surface area contributed by atoms with Gasteiger partial charge in [0.05, 0.1) is 6.10 Å². The molecule has 1 heterocycles. The third-order valence-corrected chi connectivity index (χ3v) is 3.97. The van der Waals surface area contributed by atoms with Crippen LogP contribution in [0.15, 0.2) is 24.3 Å². The van der Waals surface area contributed by atoms with Crippen LogP contribution in [0.1, 0.15) is 37.0 Å². The Morgan fingerprint density at radius 1 is 1.45 bits per heavy atom. The number of aliphatic hydroxyl groups is 1. The van der Waals surface area contributed by atoms with Crippen molar-refractivity contribution >= 4 is 5.91 Å². The SMILES string of the molecule is CC(=O)N1CCC(NCC(O)c2cccc(C)c2)CC1. The first-order valence-electron chi connectivity index (χ1n) is 7.30. The van der Waals surface area contributed by atoms with E-state index in [-0.39, 0.29) is 5.91 Å². The van der Waals surface area contributed by atoms with E-state index in [1.807, 2.05) is 36.1 Å². The van der Waals surface area contributed by atoms with Gasteiger partial charge in [0.25, 0.3) is 0 Å². The Kier molecular flexibility index (Phi) is 5.15. The van der Waals surface area contributed by atoms with Gasteiger partial charge in [0, 0.05) is 32.6 Å². The highest BCUT2D eigenvalue weighted by Crippen LogP contribution is 2.15. The van der Waals surface area contributed by atoms with E-state index in [0.29, 0.717) is 12.6 Å². The molecule has 1 fully saturated rings. The van der Waals surface area contributed by atoms with E-state index >= 15 is 0 Å². The quantitative estimate of drug-likeness (QED) is 0.879. The molecule has 110 valence electrons. The lowest BCUT2D eigenvalue weighted by Gasteiger charge is -2.32. The molecule has 0 aromatic heterocycles. The summed E-state index contributed by atoms with van der Waals surface area (Å²) in [5, 5.41) is 13.6. The number of likely N-dealkylation sites (tertiary alicyclic amines) is 1. The van der Waals surface area contributed by atoms with Gasteiger partial charge in [0.15, 0.2) is 0 Å². The van der Waals surface area contributed by atoms with Crippen LogP contribution >= 0.6 is 0 Å². The van der Waals surface area contributed by atoms with E-state index in [1.165, 1.54) is 0 Å². The van der Waals surface area contributed by atoms with Crippen molar-refractivity contribution in [3.63, 3.8) is 0 Å². The maximum Gasteiger partial charge on any atom is 0.219 e. The number of amides is 1. The van der Waals surface area contributed by atoms with Crippen LogP contribution in [0, 0.1) is 6.92 Å². The molecule has 2 N–H and O–H groups in total. The highest BCUT2D eigenvalue weighted by molar-refractivity contribution is 5.73. The molecule has 1 aliphatic heterocycles. The number of carbonyl (C=O) groups is 1. The molecule has 1 atom stereocenters. The van der Waals surface area contributed by atoms with E-state index in [1.54, 1.807) is 6.92 Å². The average Bonchev–Trinajstić information content (AvgIpc) is 2.45. The summed E-state index contributed by atoms with van der Waals surface area (Å²) in [6.45, 7) is 5.84. The van der Waals surface area contributed by atoms with E-state index < -0.39 is 6.10 Å². The third-order valence-electron chi connectivity index (χ3n) is 3.97. The Hall–Kier alpha value is -1.39. The van der Waals surface area contributed by atoms with Gasteiger partial charge in [-0.2, -0.15) is 0 Å². The average molecular weight is 276 g/mol. The minimum Gasteiger partial charge on any atom is -0.387 e. The molecule has 0 bridgehead atoms.